The fraction of sp³-hybridized carbons (Fsp3) is 0.662. The molecule has 13 atom stereocenters. The summed E-state index contributed by atoms with van der Waals surface area (Å²) >= 11 is 0. The number of carboxylic acid groups (broad SMARTS) is 1. The standard InChI is InChI=1S/C77H121N19O16/c1-41(2)30-51(79)65(99)87-55(34-48-36-80-39-83-48)69(103)89-54(33-47-22-24-50(97)25-23-47)66(100)82-38-61(98)85-56(32-43(5)6)74(108)94-27-15-19-58(94)70(104)91-63(45(9)10)72(106)93-64(46(11)12)73(107)92-62(44(7)8)71(105)86-52(18-13-14-26-78)67(101)88-53(31-42(3)4)68(102)90-57(35-49-37-81-40-84-49)75(109)95-28-16-20-59(95)76(110)96-29-17-21-60(96)77(111)112/h22-25,36-37,39-46,51-60,62-64,97H,13-21,26-35,38,78-79H2,1-12H3,(H,80,83)(H,81,84)(H,82,100)(H,85,98)(H,86,105)(H,87,99)(H,88,101)(H,89,103)(H,90,102)(H,91,104)(H,92,107)(H,93,106)(H,111,112)/t51-,52-,53-,54-,55-,56-,57-,58-,59-,60-,62-,63-,64-/m0/s1. The Hall–Kier alpha value is -10.1. The first kappa shape index (κ1) is 90.8. The van der Waals surface area contributed by atoms with Crippen molar-refractivity contribution in [2.24, 2.45) is 47.0 Å². The van der Waals surface area contributed by atoms with Gasteiger partial charge in [-0.1, -0.05) is 95.2 Å². The van der Waals surface area contributed by atoms with Gasteiger partial charge in [-0.25, -0.2) is 14.8 Å². The van der Waals surface area contributed by atoms with Crippen molar-refractivity contribution in [3.8, 4) is 5.75 Å². The Labute approximate surface area is 654 Å². The molecule has 620 valence electrons. The highest BCUT2D eigenvalue weighted by Gasteiger charge is 2.46. The Morgan fingerprint density at radius 2 is 0.911 bits per heavy atom. The second-order valence-electron chi connectivity index (χ2n) is 32.0. The number of benzene rings is 1. The van der Waals surface area contributed by atoms with Gasteiger partial charge in [-0.05, 0) is 137 Å². The summed E-state index contributed by atoms with van der Waals surface area (Å²) in [5.41, 5.74) is 13.6. The van der Waals surface area contributed by atoms with Crippen molar-refractivity contribution in [1.29, 1.82) is 0 Å². The lowest BCUT2D eigenvalue weighted by Crippen LogP contribution is -2.62. The Morgan fingerprint density at radius 1 is 0.473 bits per heavy atom. The molecule has 0 bridgehead atoms. The topological polar surface area (TPSA) is 519 Å². The zero-order valence-corrected chi connectivity index (χ0v) is 66.7. The molecule has 1 aromatic carbocycles. The first-order valence-corrected chi connectivity index (χ1v) is 39.3. The van der Waals surface area contributed by atoms with E-state index in [9.17, 15) is 77.3 Å². The quantitative estimate of drug-likeness (QED) is 0.0331. The number of nitrogens with one attached hydrogen (secondary N) is 12. The maximum Gasteiger partial charge on any atom is 0.326 e. The van der Waals surface area contributed by atoms with Crippen molar-refractivity contribution in [3.63, 3.8) is 0 Å². The van der Waals surface area contributed by atoms with Crippen LogP contribution in [-0.4, -0.2) is 239 Å². The van der Waals surface area contributed by atoms with E-state index in [2.05, 4.69) is 73.1 Å². The number of amides is 13. The lowest BCUT2D eigenvalue weighted by molar-refractivity contribution is -0.152. The van der Waals surface area contributed by atoms with E-state index < -0.39 is 186 Å². The second-order valence-corrected chi connectivity index (χ2v) is 32.0. The zero-order valence-electron chi connectivity index (χ0n) is 66.7. The minimum atomic E-state index is -1.34. The highest BCUT2D eigenvalue weighted by atomic mass is 16.4. The number of carboxylic acids is 1. The van der Waals surface area contributed by atoms with Crippen molar-refractivity contribution in [1.82, 2.24) is 87.8 Å². The number of likely N-dealkylation sites (tertiary alicyclic amines) is 3. The Morgan fingerprint density at radius 3 is 1.44 bits per heavy atom. The van der Waals surface area contributed by atoms with Crippen molar-refractivity contribution in [3.05, 3.63) is 66.3 Å². The molecule has 35 heteroatoms. The van der Waals surface area contributed by atoms with E-state index in [4.69, 9.17) is 11.5 Å². The SMILES string of the molecule is CC(C)C[C@H](NC(=O)[C@H](CCCCN)NC(=O)[C@@H](NC(=O)[C@@H](NC(=O)[C@@H](NC(=O)[C@@H]1CCCN1C(=O)[C@H](CC(C)C)NC(=O)CNC(=O)[C@H](Cc1ccc(O)cc1)NC(=O)[C@H](Cc1cnc[nH]1)NC(=O)[C@@H](N)CC(C)C)C(C)C)C(C)C)C(C)C)C(=O)N[C@@H](Cc1cnc[nH]1)C(=O)N1CCC[C@H]1C(=O)N1CCC[C@H]1C(=O)O. The molecule has 6 rings (SSSR count). The van der Waals surface area contributed by atoms with E-state index in [0.29, 0.717) is 55.5 Å². The maximum atomic E-state index is 14.7. The number of unbranched alkanes of at least 4 members (excludes halogenated alkanes) is 1. The molecule has 0 aliphatic carbocycles. The van der Waals surface area contributed by atoms with E-state index in [-0.39, 0.29) is 107 Å². The number of hydrogen-bond acceptors (Lipinski definition) is 19. The number of imidazole rings is 2. The zero-order chi connectivity index (χ0) is 82.8. The van der Waals surface area contributed by atoms with Crippen LogP contribution in [0.3, 0.4) is 0 Å². The Kier molecular flexibility index (Phi) is 35.4. The summed E-state index contributed by atoms with van der Waals surface area (Å²) in [5, 5.41) is 47.4. The summed E-state index contributed by atoms with van der Waals surface area (Å²) in [5.74, 6) is -12.3. The number of phenols is 1. The number of aromatic hydroxyl groups is 1. The number of hydrogen-bond donors (Lipinski definition) is 16. The first-order chi connectivity index (χ1) is 53.0. The smallest absolute Gasteiger partial charge is 0.326 e. The highest BCUT2D eigenvalue weighted by Crippen LogP contribution is 2.28. The molecule has 0 unspecified atom stereocenters. The number of carbonyl (C=O) groups excluding carboxylic acids is 13. The van der Waals surface area contributed by atoms with E-state index >= 15 is 0 Å². The van der Waals surface area contributed by atoms with E-state index in [1.807, 2.05) is 41.5 Å². The Balaban J connectivity index is 1.10. The van der Waals surface area contributed by atoms with Crippen molar-refractivity contribution in [2.45, 2.75) is 258 Å². The lowest BCUT2D eigenvalue weighted by Gasteiger charge is -2.33. The van der Waals surface area contributed by atoms with Crippen LogP contribution >= 0.6 is 0 Å². The third-order valence-electron chi connectivity index (χ3n) is 20.2. The van der Waals surface area contributed by atoms with Gasteiger partial charge in [0.15, 0.2) is 0 Å². The molecule has 0 spiro atoms. The molecule has 0 radical (unpaired) electrons. The van der Waals surface area contributed by atoms with Crippen LogP contribution < -0.4 is 64.6 Å². The molecule has 2 aromatic heterocycles. The van der Waals surface area contributed by atoms with Crippen molar-refractivity contribution >= 4 is 82.8 Å². The normalized spacial score (nSPS) is 18.4. The molecule has 0 saturated carbocycles. The molecule has 18 N–H and O–H groups in total. The van der Waals surface area contributed by atoms with Crippen molar-refractivity contribution in [2.75, 3.05) is 32.7 Å². The number of aliphatic carboxylic acids is 1. The van der Waals surface area contributed by atoms with Crippen LogP contribution in [0, 0.1) is 35.5 Å². The van der Waals surface area contributed by atoms with Gasteiger partial charge < -0.3 is 99.5 Å². The highest BCUT2D eigenvalue weighted by molar-refractivity contribution is 6.00. The second kappa shape index (κ2) is 43.7. The molecule has 3 fully saturated rings. The van der Waals surface area contributed by atoms with Crippen LogP contribution in [-0.2, 0) is 86.4 Å². The van der Waals surface area contributed by atoms with E-state index in [0.717, 1.165) is 0 Å². The number of aromatic amines is 2. The summed E-state index contributed by atoms with van der Waals surface area (Å²) in [6.45, 7) is 21.2. The Bertz CT molecular complexity index is 3670. The number of aromatic nitrogens is 4. The maximum absolute atomic E-state index is 14.7. The molecular weight excluding hydrogens is 1450 g/mol. The number of nitrogens with two attached hydrogens (primary N) is 2. The van der Waals surface area contributed by atoms with Crippen LogP contribution in [0.25, 0.3) is 0 Å². The van der Waals surface area contributed by atoms with Crippen molar-refractivity contribution < 1.29 is 77.3 Å². The molecule has 5 heterocycles. The fourth-order valence-electron chi connectivity index (χ4n) is 14.2. The molecule has 13 amide bonds. The largest absolute Gasteiger partial charge is 0.508 e. The fourth-order valence-corrected chi connectivity index (χ4v) is 14.2. The molecule has 3 saturated heterocycles. The summed E-state index contributed by atoms with van der Waals surface area (Å²) in [7, 11) is 0. The van der Waals surface area contributed by atoms with Gasteiger partial charge in [-0.2, -0.15) is 0 Å². The minimum Gasteiger partial charge on any atom is -0.508 e. The summed E-state index contributed by atoms with van der Waals surface area (Å²) in [6, 6.07) is -9.58. The van der Waals surface area contributed by atoms with Crippen LogP contribution in [0.2, 0.25) is 0 Å². The molecule has 3 aliphatic heterocycles. The molecule has 35 nitrogen and oxygen atoms in total. The van der Waals surface area contributed by atoms with Gasteiger partial charge in [0, 0.05) is 62.7 Å². The average molecular weight is 1570 g/mol. The van der Waals surface area contributed by atoms with Gasteiger partial charge in [0.25, 0.3) is 0 Å². The van der Waals surface area contributed by atoms with Gasteiger partial charge >= 0.3 is 5.97 Å². The van der Waals surface area contributed by atoms with Gasteiger partial charge in [0.2, 0.25) is 76.8 Å². The predicted octanol–water partition coefficient (Wildman–Crippen LogP) is -0.0341. The first-order valence-electron chi connectivity index (χ1n) is 39.3. The summed E-state index contributed by atoms with van der Waals surface area (Å²) in [4.78, 5) is 216. The van der Waals surface area contributed by atoms with Crippen LogP contribution in [0.1, 0.15) is 177 Å². The van der Waals surface area contributed by atoms with Gasteiger partial charge in [0.1, 0.15) is 78.3 Å². The summed E-state index contributed by atoms with van der Waals surface area (Å²) < 4.78 is 0. The van der Waals surface area contributed by atoms with Crippen LogP contribution in [0.4, 0.5) is 0 Å². The van der Waals surface area contributed by atoms with Gasteiger partial charge in [0.05, 0.1) is 25.2 Å². The van der Waals surface area contributed by atoms with E-state index in [1.165, 1.54) is 51.9 Å². The molecule has 112 heavy (non-hydrogen) atoms. The van der Waals surface area contributed by atoms with Crippen LogP contribution in [0.5, 0.6) is 5.75 Å². The van der Waals surface area contributed by atoms with Gasteiger partial charge in [-0.3, -0.25) is 62.3 Å². The number of rotatable bonds is 43. The number of phenolic OH excluding ortho intramolecular Hbond substituents is 1. The van der Waals surface area contributed by atoms with E-state index in [1.54, 1.807) is 53.7 Å². The summed E-state index contributed by atoms with van der Waals surface area (Å²) in [6.07, 6.45) is 8.99. The van der Waals surface area contributed by atoms with Crippen LogP contribution in [0.15, 0.2) is 49.3 Å². The lowest BCUT2D eigenvalue weighted by atomic mass is 9.97. The third-order valence-corrected chi connectivity index (χ3v) is 20.2. The predicted molar refractivity (Wildman–Crippen MR) is 412 cm³/mol. The number of nitrogens with zero attached hydrogens (tertiary/aromatic N) is 5. The average Bonchev–Trinajstić information content (AvgIpc) is 1.66. The molecule has 3 aliphatic rings. The number of carbonyl (C=O) groups is 14. The molecular formula is C77H121N19O16. The molecule has 3 aromatic rings. The van der Waals surface area contributed by atoms with Gasteiger partial charge in [-0.15, -0.1) is 0 Å². The monoisotopic (exact) mass is 1570 g/mol. The third kappa shape index (κ3) is 27.1. The minimum absolute atomic E-state index is 0.0482. The number of H-pyrrole nitrogens is 2.